The highest BCUT2D eigenvalue weighted by molar-refractivity contribution is 7.99. The van der Waals surface area contributed by atoms with E-state index in [4.69, 9.17) is 4.98 Å². The molecule has 8 nitrogen and oxygen atoms in total. The fourth-order valence-corrected chi connectivity index (χ4v) is 6.00. The van der Waals surface area contributed by atoms with E-state index in [1.54, 1.807) is 35.1 Å². The maximum Gasteiger partial charge on any atom is 0.269 e. The number of aromatic nitrogens is 2. The molecular weight excluding hydrogens is 436 g/mol. The molecule has 0 saturated heterocycles. The lowest BCUT2D eigenvalue weighted by Gasteiger charge is -2.17. The molecule has 0 aliphatic heterocycles. The van der Waals surface area contributed by atoms with Crippen LogP contribution in [0.3, 0.4) is 0 Å². The second-order valence-corrected chi connectivity index (χ2v) is 9.43. The molecule has 1 aliphatic carbocycles. The Kier molecular flexibility index (Phi) is 6.10. The summed E-state index contributed by atoms with van der Waals surface area (Å²) in [6.45, 7) is 2.57. The molecule has 0 N–H and O–H groups in total. The molecule has 3 aromatic rings. The summed E-state index contributed by atoms with van der Waals surface area (Å²) in [7, 11) is 1.63. The van der Waals surface area contributed by atoms with E-state index < -0.39 is 4.92 Å². The Morgan fingerprint density at radius 2 is 2.06 bits per heavy atom. The van der Waals surface area contributed by atoms with Crippen LogP contribution in [0.2, 0.25) is 0 Å². The number of thiophene rings is 1. The second-order valence-electron chi connectivity index (χ2n) is 7.40. The first kappa shape index (κ1) is 21.5. The van der Waals surface area contributed by atoms with Gasteiger partial charge in [0.2, 0.25) is 5.91 Å². The summed E-state index contributed by atoms with van der Waals surface area (Å²) in [5, 5.41) is 12.1. The van der Waals surface area contributed by atoms with Crippen molar-refractivity contribution in [2.75, 3.05) is 17.7 Å². The summed E-state index contributed by atoms with van der Waals surface area (Å²) in [6.07, 6.45) is 3.82. The van der Waals surface area contributed by atoms with E-state index in [2.05, 4.69) is 0 Å². The predicted molar refractivity (Wildman–Crippen MR) is 123 cm³/mol. The molecule has 10 heteroatoms. The van der Waals surface area contributed by atoms with Crippen LogP contribution in [0.4, 0.5) is 11.4 Å². The van der Waals surface area contributed by atoms with Crippen molar-refractivity contribution in [3.05, 3.63) is 55.2 Å². The molecule has 2 aromatic heterocycles. The monoisotopic (exact) mass is 458 g/mol. The van der Waals surface area contributed by atoms with E-state index in [0.717, 1.165) is 41.5 Å². The molecule has 1 amide bonds. The van der Waals surface area contributed by atoms with E-state index in [-0.39, 0.29) is 22.9 Å². The number of rotatable bonds is 7. The first-order valence-electron chi connectivity index (χ1n) is 10.1. The number of fused-ring (bicyclic) bond motifs is 3. The number of hydrogen-bond donors (Lipinski definition) is 0. The first-order chi connectivity index (χ1) is 14.9. The van der Waals surface area contributed by atoms with Crippen molar-refractivity contribution in [2.45, 2.75) is 44.3 Å². The second kappa shape index (κ2) is 8.80. The highest BCUT2D eigenvalue weighted by Crippen LogP contribution is 2.35. The lowest BCUT2D eigenvalue weighted by Crippen LogP contribution is -2.29. The number of hydrogen-bond acceptors (Lipinski definition) is 7. The zero-order chi connectivity index (χ0) is 22.1. The molecule has 0 fully saturated rings. The van der Waals surface area contributed by atoms with Gasteiger partial charge < -0.3 is 4.90 Å². The van der Waals surface area contributed by atoms with Crippen molar-refractivity contribution in [1.29, 1.82) is 0 Å². The standard InChI is InChI=1S/C21H22N4O4S2/c1-3-11-24-20(27)18-15-5-4-6-16(15)31-19(18)22-21(24)30-12-17(26)23(2)13-7-9-14(10-8-13)25(28)29/h7-10H,3-6,11-12H2,1-2H3. The molecule has 0 radical (unpaired) electrons. The molecular formula is C21H22N4O4S2. The molecule has 4 rings (SSSR count). The minimum Gasteiger partial charge on any atom is -0.315 e. The van der Waals surface area contributed by atoms with Crippen LogP contribution in [-0.4, -0.2) is 33.2 Å². The molecule has 0 bridgehead atoms. The number of anilines is 1. The topological polar surface area (TPSA) is 98.3 Å². The molecule has 0 atom stereocenters. The number of carbonyl (C=O) groups excluding carboxylic acids is 1. The number of aryl methyl sites for hydroxylation is 2. The quantitative estimate of drug-likeness (QED) is 0.230. The number of benzene rings is 1. The maximum absolute atomic E-state index is 13.2. The van der Waals surface area contributed by atoms with Crippen molar-refractivity contribution < 1.29 is 9.72 Å². The van der Waals surface area contributed by atoms with Gasteiger partial charge in [-0.2, -0.15) is 0 Å². The van der Waals surface area contributed by atoms with Gasteiger partial charge in [-0.05, 0) is 43.4 Å². The molecule has 162 valence electrons. The first-order valence-corrected chi connectivity index (χ1v) is 11.9. The summed E-state index contributed by atoms with van der Waals surface area (Å²) >= 11 is 2.85. The molecule has 0 saturated carbocycles. The third-order valence-electron chi connectivity index (χ3n) is 5.38. The molecule has 0 spiro atoms. The van der Waals surface area contributed by atoms with Crippen molar-refractivity contribution in [3.63, 3.8) is 0 Å². The highest BCUT2D eigenvalue weighted by atomic mass is 32.2. The van der Waals surface area contributed by atoms with Gasteiger partial charge in [-0.15, -0.1) is 11.3 Å². The van der Waals surface area contributed by atoms with E-state index in [1.165, 1.54) is 33.7 Å². The average molecular weight is 459 g/mol. The molecule has 1 aromatic carbocycles. The van der Waals surface area contributed by atoms with Gasteiger partial charge in [-0.1, -0.05) is 18.7 Å². The van der Waals surface area contributed by atoms with Gasteiger partial charge in [0.25, 0.3) is 11.2 Å². The van der Waals surface area contributed by atoms with E-state index in [1.807, 2.05) is 6.92 Å². The molecule has 1 aliphatic rings. The van der Waals surface area contributed by atoms with Gasteiger partial charge in [0, 0.05) is 36.3 Å². The van der Waals surface area contributed by atoms with Gasteiger partial charge in [-0.25, -0.2) is 4.98 Å². The Morgan fingerprint density at radius 3 is 2.74 bits per heavy atom. The van der Waals surface area contributed by atoms with Gasteiger partial charge in [0.1, 0.15) is 4.83 Å². The van der Waals surface area contributed by atoms with E-state index in [0.29, 0.717) is 17.4 Å². The Labute approximate surface area is 187 Å². The van der Waals surface area contributed by atoms with Crippen molar-refractivity contribution in [1.82, 2.24) is 9.55 Å². The summed E-state index contributed by atoms with van der Waals surface area (Å²) < 4.78 is 1.69. The van der Waals surface area contributed by atoms with Gasteiger partial charge >= 0.3 is 0 Å². The minimum absolute atomic E-state index is 0.00933. The lowest BCUT2D eigenvalue weighted by molar-refractivity contribution is -0.384. The van der Waals surface area contributed by atoms with Crippen LogP contribution in [0.25, 0.3) is 10.2 Å². The van der Waals surface area contributed by atoms with Crippen LogP contribution >= 0.6 is 23.1 Å². The summed E-state index contributed by atoms with van der Waals surface area (Å²) in [4.78, 5) is 44.5. The number of non-ortho nitro benzene ring substituents is 1. The third kappa shape index (κ3) is 4.09. The summed E-state index contributed by atoms with van der Waals surface area (Å²) in [6, 6.07) is 5.84. The fraction of sp³-hybridized carbons (Fsp3) is 0.381. The van der Waals surface area contributed by atoms with Crippen LogP contribution < -0.4 is 10.5 Å². The van der Waals surface area contributed by atoms with Gasteiger partial charge in [0.05, 0.1) is 16.1 Å². The predicted octanol–water partition coefficient (Wildman–Crippen LogP) is 4.02. The molecule has 31 heavy (non-hydrogen) atoms. The van der Waals surface area contributed by atoms with Crippen molar-refractivity contribution >= 4 is 50.6 Å². The van der Waals surface area contributed by atoms with Crippen LogP contribution in [0, 0.1) is 10.1 Å². The van der Waals surface area contributed by atoms with Crippen LogP contribution in [0.1, 0.15) is 30.2 Å². The number of nitrogens with zero attached hydrogens (tertiary/aromatic N) is 4. The average Bonchev–Trinajstić information content (AvgIpc) is 3.34. The third-order valence-corrected chi connectivity index (χ3v) is 7.53. The normalized spacial score (nSPS) is 12.8. The van der Waals surface area contributed by atoms with Gasteiger partial charge in [0.15, 0.2) is 5.16 Å². The Bertz CT molecular complexity index is 1220. The van der Waals surface area contributed by atoms with Crippen molar-refractivity contribution in [3.8, 4) is 0 Å². The fourth-order valence-electron chi connectivity index (χ4n) is 3.75. The Hall–Kier alpha value is -2.72. The molecule has 2 heterocycles. The number of amides is 1. The van der Waals surface area contributed by atoms with Crippen molar-refractivity contribution in [2.24, 2.45) is 0 Å². The SMILES string of the molecule is CCCn1c(SCC(=O)N(C)c2ccc([N+](=O)[O-])cc2)nc2sc3c(c2c1=O)CCC3. The number of nitro groups is 1. The smallest absolute Gasteiger partial charge is 0.269 e. The number of thioether (sulfide) groups is 1. The molecule has 0 unspecified atom stereocenters. The summed E-state index contributed by atoms with van der Waals surface area (Å²) in [5.74, 6) is -0.0647. The Balaban J connectivity index is 1.56. The largest absolute Gasteiger partial charge is 0.315 e. The number of carbonyl (C=O) groups is 1. The highest BCUT2D eigenvalue weighted by Gasteiger charge is 2.24. The van der Waals surface area contributed by atoms with Crippen LogP contribution in [-0.2, 0) is 24.2 Å². The Morgan fingerprint density at radius 1 is 1.32 bits per heavy atom. The maximum atomic E-state index is 13.2. The van der Waals surface area contributed by atoms with Crippen LogP contribution in [0.5, 0.6) is 0 Å². The van der Waals surface area contributed by atoms with E-state index in [9.17, 15) is 19.7 Å². The number of nitro benzene ring substituents is 1. The van der Waals surface area contributed by atoms with Gasteiger partial charge in [-0.3, -0.25) is 24.3 Å². The summed E-state index contributed by atoms with van der Waals surface area (Å²) in [5.41, 5.74) is 1.70. The van der Waals surface area contributed by atoms with Crippen LogP contribution in [0.15, 0.2) is 34.2 Å². The lowest BCUT2D eigenvalue weighted by atomic mass is 10.2. The zero-order valence-electron chi connectivity index (χ0n) is 17.3. The zero-order valence-corrected chi connectivity index (χ0v) is 18.9. The van der Waals surface area contributed by atoms with E-state index >= 15 is 0 Å². The minimum atomic E-state index is -0.475.